The fourth-order valence-electron chi connectivity index (χ4n) is 1.44. The highest BCUT2D eigenvalue weighted by Gasteiger charge is 2.14. The standard InChI is InChI=1S/C12H10FN3O3/c1-2-19-10-6-14-5-9(16-10)7-3-8(13)11(12(17)18)15-4-7/h3-6H,2H2,1H3,(H,17,18). The summed E-state index contributed by atoms with van der Waals surface area (Å²) in [7, 11) is 0. The molecular weight excluding hydrogens is 253 g/mol. The smallest absolute Gasteiger partial charge is 0.357 e. The topological polar surface area (TPSA) is 85.2 Å². The lowest BCUT2D eigenvalue weighted by Crippen LogP contribution is -2.04. The van der Waals surface area contributed by atoms with Crippen LogP contribution in [0.25, 0.3) is 11.3 Å². The second-order valence-corrected chi connectivity index (χ2v) is 3.54. The molecule has 2 rings (SSSR count). The zero-order chi connectivity index (χ0) is 13.8. The molecule has 2 heterocycles. The maximum atomic E-state index is 13.5. The maximum absolute atomic E-state index is 13.5. The minimum atomic E-state index is -1.42. The van der Waals surface area contributed by atoms with Crippen molar-refractivity contribution in [3.63, 3.8) is 0 Å². The van der Waals surface area contributed by atoms with Crippen LogP contribution in [0, 0.1) is 5.82 Å². The third kappa shape index (κ3) is 2.82. The lowest BCUT2D eigenvalue weighted by molar-refractivity contribution is 0.0685. The summed E-state index contributed by atoms with van der Waals surface area (Å²) < 4.78 is 18.7. The summed E-state index contributed by atoms with van der Waals surface area (Å²) in [5.74, 6) is -2.03. The average molecular weight is 263 g/mol. The molecule has 0 amide bonds. The highest BCUT2D eigenvalue weighted by Crippen LogP contribution is 2.19. The van der Waals surface area contributed by atoms with Crippen molar-refractivity contribution in [2.75, 3.05) is 6.61 Å². The van der Waals surface area contributed by atoms with Gasteiger partial charge in [0.2, 0.25) is 5.88 Å². The Labute approximate surface area is 107 Å². The number of carboxylic acids is 1. The lowest BCUT2D eigenvalue weighted by atomic mass is 10.2. The van der Waals surface area contributed by atoms with E-state index in [9.17, 15) is 9.18 Å². The van der Waals surface area contributed by atoms with E-state index in [1.807, 2.05) is 0 Å². The Morgan fingerprint density at radius 2 is 2.21 bits per heavy atom. The molecule has 2 aromatic rings. The number of ether oxygens (including phenoxy) is 1. The van der Waals surface area contributed by atoms with Crippen molar-refractivity contribution in [2.24, 2.45) is 0 Å². The predicted octanol–water partition coefficient (Wildman–Crippen LogP) is 1.77. The SMILES string of the molecule is CCOc1cncc(-c2cnc(C(=O)O)c(F)c2)n1. The molecule has 98 valence electrons. The van der Waals surface area contributed by atoms with Crippen molar-refractivity contribution >= 4 is 5.97 Å². The largest absolute Gasteiger partial charge is 0.477 e. The molecule has 0 spiro atoms. The molecule has 2 aromatic heterocycles. The zero-order valence-corrected chi connectivity index (χ0v) is 10.00. The highest BCUT2D eigenvalue weighted by molar-refractivity contribution is 5.86. The van der Waals surface area contributed by atoms with Crippen molar-refractivity contribution in [3.8, 4) is 17.1 Å². The van der Waals surface area contributed by atoms with Crippen molar-refractivity contribution in [1.82, 2.24) is 15.0 Å². The second kappa shape index (κ2) is 5.38. The van der Waals surface area contributed by atoms with Crippen LogP contribution in [-0.2, 0) is 0 Å². The Bertz CT molecular complexity index is 619. The summed E-state index contributed by atoms with van der Waals surface area (Å²) in [5.41, 5.74) is 0.0588. The molecule has 0 aliphatic carbocycles. The van der Waals surface area contributed by atoms with Crippen LogP contribution in [0.3, 0.4) is 0 Å². The van der Waals surface area contributed by atoms with Crippen molar-refractivity contribution in [3.05, 3.63) is 36.2 Å². The Kier molecular flexibility index (Phi) is 3.65. The first-order valence-corrected chi connectivity index (χ1v) is 5.46. The Morgan fingerprint density at radius 1 is 1.42 bits per heavy atom. The molecule has 0 bridgehead atoms. The van der Waals surface area contributed by atoms with Gasteiger partial charge in [0.05, 0.1) is 24.7 Å². The number of hydrogen-bond acceptors (Lipinski definition) is 5. The fraction of sp³-hybridized carbons (Fsp3) is 0.167. The van der Waals surface area contributed by atoms with Gasteiger partial charge < -0.3 is 9.84 Å². The molecular formula is C12H10FN3O3. The van der Waals surface area contributed by atoms with E-state index in [0.717, 1.165) is 6.07 Å². The quantitative estimate of drug-likeness (QED) is 0.904. The molecule has 6 nitrogen and oxygen atoms in total. The fourth-order valence-corrected chi connectivity index (χ4v) is 1.44. The molecule has 0 saturated heterocycles. The van der Waals surface area contributed by atoms with Gasteiger partial charge in [-0.05, 0) is 13.0 Å². The molecule has 0 saturated carbocycles. The number of carboxylic acid groups (broad SMARTS) is 1. The molecule has 0 atom stereocenters. The molecule has 0 fully saturated rings. The van der Waals surface area contributed by atoms with Crippen LogP contribution in [0.5, 0.6) is 5.88 Å². The van der Waals surface area contributed by atoms with E-state index < -0.39 is 17.5 Å². The number of nitrogens with zero attached hydrogens (tertiary/aromatic N) is 3. The van der Waals surface area contributed by atoms with E-state index in [1.165, 1.54) is 18.6 Å². The molecule has 0 aromatic carbocycles. The number of pyridine rings is 1. The minimum Gasteiger partial charge on any atom is -0.477 e. The van der Waals surface area contributed by atoms with Crippen LogP contribution in [0.4, 0.5) is 4.39 Å². The van der Waals surface area contributed by atoms with Gasteiger partial charge in [-0.15, -0.1) is 0 Å². The monoisotopic (exact) mass is 263 g/mol. The summed E-state index contributed by atoms with van der Waals surface area (Å²) in [6.45, 7) is 2.24. The highest BCUT2D eigenvalue weighted by atomic mass is 19.1. The summed E-state index contributed by atoms with van der Waals surface area (Å²) in [6.07, 6.45) is 4.08. The molecule has 19 heavy (non-hydrogen) atoms. The van der Waals surface area contributed by atoms with Crippen LogP contribution < -0.4 is 4.74 Å². The number of rotatable bonds is 4. The first kappa shape index (κ1) is 12.9. The van der Waals surface area contributed by atoms with Crippen LogP contribution in [0.2, 0.25) is 0 Å². The van der Waals surface area contributed by atoms with E-state index in [2.05, 4.69) is 15.0 Å². The van der Waals surface area contributed by atoms with E-state index >= 15 is 0 Å². The Balaban J connectivity index is 2.39. The molecule has 0 aliphatic heterocycles. The van der Waals surface area contributed by atoms with Gasteiger partial charge in [-0.2, -0.15) is 0 Å². The van der Waals surface area contributed by atoms with Crippen LogP contribution in [0.1, 0.15) is 17.4 Å². The van der Waals surface area contributed by atoms with Gasteiger partial charge in [0.25, 0.3) is 0 Å². The number of aromatic carboxylic acids is 1. The minimum absolute atomic E-state index is 0.308. The van der Waals surface area contributed by atoms with Crippen LogP contribution in [0.15, 0.2) is 24.7 Å². The van der Waals surface area contributed by atoms with Gasteiger partial charge in [-0.1, -0.05) is 0 Å². The van der Waals surface area contributed by atoms with E-state index in [1.54, 1.807) is 6.92 Å². The van der Waals surface area contributed by atoms with Gasteiger partial charge in [-0.25, -0.2) is 19.2 Å². The van der Waals surface area contributed by atoms with Crippen molar-refractivity contribution in [2.45, 2.75) is 6.92 Å². The number of aromatic nitrogens is 3. The lowest BCUT2D eigenvalue weighted by Gasteiger charge is -2.05. The molecule has 0 radical (unpaired) electrons. The van der Waals surface area contributed by atoms with E-state index in [0.29, 0.717) is 23.7 Å². The molecule has 0 aliphatic rings. The maximum Gasteiger partial charge on any atom is 0.357 e. The van der Waals surface area contributed by atoms with E-state index in [4.69, 9.17) is 9.84 Å². The number of carbonyl (C=O) groups is 1. The zero-order valence-electron chi connectivity index (χ0n) is 10.00. The third-order valence-corrected chi connectivity index (χ3v) is 2.24. The second-order valence-electron chi connectivity index (χ2n) is 3.54. The van der Waals surface area contributed by atoms with E-state index in [-0.39, 0.29) is 0 Å². The summed E-state index contributed by atoms with van der Waals surface area (Å²) in [6, 6.07) is 1.05. The first-order valence-electron chi connectivity index (χ1n) is 5.46. The molecule has 1 N–H and O–H groups in total. The normalized spacial score (nSPS) is 10.2. The summed E-state index contributed by atoms with van der Waals surface area (Å²) in [5, 5.41) is 8.69. The Morgan fingerprint density at radius 3 is 2.84 bits per heavy atom. The van der Waals surface area contributed by atoms with Gasteiger partial charge in [-0.3, -0.25) is 4.98 Å². The first-order chi connectivity index (χ1) is 9.11. The molecule has 0 unspecified atom stereocenters. The van der Waals surface area contributed by atoms with Gasteiger partial charge in [0.15, 0.2) is 11.5 Å². The van der Waals surface area contributed by atoms with Gasteiger partial charge >= 0.3 is 5.97 Å². The third-order valence-electron chi connectivity index (χ3n) is 2.24. The van der Waals surface area contributed by atoms with Gasteiger partial charge in [0.1, 0.15) is 0 Å². The van der Waals surface area contributed by atoms with Crippen molar-refractivity contribution in [1.29, 1.82) is 0 Å². The van der Waals surface area contributed by atoms with Crippen LogP contribution >= 0.6 is 0 Å². The van der Waals surface area contributed by atoms with Gasteiger partial charge in [0, 0.05) is 11.8 Å². The van der Waals surface area contributed by atoms with Crippen LogP contribution in [-0.4, -0.2) is 32.6 Å². The summed E-state index contributed by atoms with van der Waals surface area (Å²) in [4.78, 5) is 22.2. The molecule has 7 heteroatoms. The Hall–Kier alpha value is -2.57. The number of halogens is 1. The predicted molar refractivity (Wildman–Crippen MR) is 63.3 cm³/mol. The summed E-state index contributed by atoms with van der Waals surface area (Å²) >= 11 is 0. The number of hydrogen-bond donors (Lipinski definition) is 1. The van der Waals surface area contributed by atoms with Crippen molar-refractivity contribution < 1.29 is 19.0 Å². The average Bonchev–Trinajstić information content (AvgIpc) is 2.39.